The molecular weight excluding hydrogens is 400 g/mol. The lowest BCUT2D eigenvalue weighted by molar-refractivity contribution is 0.102. The molecule has 0 spiro atoms. The minimum absolute atomic E-state index is 0.0830. The quantitative estimate of drug-likeness (QED) is 0.823. The normalized spacial score (nSPS) is 12.2. The van der Waals surface area contributed by atoms with Crippen LogP contribution in [0, 0.1) is 0 Å². The first-order valence-corrected chi connectivity index (χ1v) is 10.3. The van der Waals surface area contributed by atoms with Gasteiger partial charge in [-0.2, -0.15) is 0 Å². The maximum Gasteiger partial charge on any atom is 0.257 e. The molecule has 1 amide bonds. The van der Waals surface area contributed by atoms with Crippen LogP contribution in [-0.2, 0) is 15.3 Å². The summed E-state index contributed by atoms with van der Waals surface area (Å²) in [5.74, 6) is -0.391. The molecule has 8 heteroatoms. The van der Waals surface area contributed by atoms with Crippen LogP contribution in [0.2, 0.25) is 0 Å². The van der Waals surface area contributed by atoms with Crippen molar-refractivity contribution in [3.8, 4) is 0 Å². The maximum atomic E-state index is 12.3. The molecule has 1 aromatic carbocycles. The predicted octanol–water partition coefficient (Wildman–Crippen LogP) is 3.86. The van der Waals surface area contributed by atoms with E-state index in [4.69, 9.17) is 0 Å². The summed E-state index contributed by atoms with van der Waals surface area (Å²) >= 11 is 4.53. The number of amides is 1. The number of nitrogens with zero attached hydrogens (tertiary/aromatic N) is 1. The van der Waals surface area contributed by atoms with E-state index in [-0.39, 0.29) is 15.9 Å². The van der Waals surface area contributed by atoms with Gasteiger partial charge in [0.25, 0.3) is 5.91 Å². The molecule has 0 aliphatic rings. The molecule has 5 nitrogen and oxygen atoms in total. The van der Waals surface area contributed by atoms with Gasteiger partial charge < -0.3 is 0 Å². The highest BCUT2D eigenvalue weighted by Gasteiger charge is 2.19. The Labute approximate surface area is 148 Å². The van der Waals surface area contributed by atoms with E-state index < -0.39 is 15.7 Å². The first-order valence-electron chi connectivity index (χ1n) is 6.75. The van der Waals surface area contributed by atoms with E-state index in [9.17, 15) is 13.2 Å². The third-order valence-corrected chi connectivity index (χ3v) is 5.93. The second-order valence-electron chi connectivity index (χ2n) is 6.16. The van der Waals surface area contributed by atoms with Gasteiger partial charge in [0.1, 0.15) is 0 Å². The Bertz CT molecular complexity index is 852. The van der Waals surface area contributed by atoms with Gasteiger partial charge in [0.05, 0.1) is 10.6 Å². The summed E-state index contributed by atoms with van der Waals surface area (Å²) in [5.41, 5.74) is 1.06. The monoisotopic (exact) mass is 416 g/mol. The van der Waals surface area contributed by atoms with E-state index >= 15 is 0 Å². The molecule has 0 aliphatic carbocycles. The largest absolute Gasteiger partial charge is 0.298 e. The summed E-state index contributed by atoms with van der Waals surface area (Å²) in [6.07, 6.45) is 1.10. The number of carbonyl (C=O) groups is 1. The molecule has 124 valence electrons. The minimum Gasteiger partial charge on any atom is -0.298 e. The van der Waals surface area contributed by atoms with Crippen molar-refractivity contribution >= 4 is 48.1 Å². The summed E-state index contributed by atoms with van der Waals surface area (Å²) in [6, 6.07) is 4.47. The number of hydrogen-bond donors (Lipinski definition) is 1. The Hall–Kier alpha value is -1.25. The summed E-state index contributed by atoms with van der Waals surface area (Å²) in [7, 11) is -3.42. The van der Waals surface area contributed by atoms with Crippen LogP contribution >= 0.6 is 27.3 Å². The van der Waals surface area contributed by atoms with Crippen LogP contribution in [0.5, 0.6) is 0 Å². The number of rotatable bonds is 3. The lowest BCUT2D eigenvalue weighted by Gasteiger charge is -2.14. The van der Waals surface area contributed by atoms with Gasteiger partial charge >= 0.3 is 0 Å². The molecule has 1 N–H and O–H groups in total. The minimum atomic E-state index is -3.42. The van der Waals surface area contributed by atoms with Gasteiger partial charge in [0, 0.05) is 27.1 Å². The van der Waals surface area contributed by atoms with Crippen molar-refractivity contribution < 1.29 is 13.2 Å². The number of nitrogens with one attached hydrogen (secondary N) is 1. The molecule has 0 aliphatic heterocycles. The zero-order valence-corrected chi connectivity index (χ0v) is 16.4. The smallest absolute Gasteiger partial charge is 0.257 e. The van der Waals surface area contributed by atoms with E-state index in [2.05, 4.69) is 26.2 Å². The summed E-state index contributed by atoms with van der Waals surface area (Å²) in [4.78, 5) is 16.8. The molecule has 0 unspecified atom stereocenters. The van der Waals surface area contributed by atoms with Gasteiger partial charge in [-0.3, -0.25) is 10.1 Å². The van der Waals surface area contributed by atoms with Gasteiger partial charge in [0.2, 0.25) is 0 Å². The highest BCUT2D eigenvalue weighted by atomic mass is 79.9. The second-order valence-corrected chi connectivity index (χ2v) is 9.86. The van der Waals surface area contributed by atoms with Crippen LogP contribution in [0.1, 0.15) is 36.8 Å². The van der Waals surface area contributed by atoms with E-state index in [1.54, 1.807) is 12.1 Å². The van der Waals surface area contributed by atoms with Crippen LogP contribution in [0.4, 0.5) is 5.13 Å². The summed E-state index contributed by atoms with van der Waals surface area (Å²) in [6.45, 7) is 6.13. The molecule has 0 bridgehead atoms. The maximum absolute atomic E-state index is 12.3. The fourth-order valence-electron chi connectivity index (χ4n) is 1.77. The number of halogens is 1. The lowest BCUT2D eigenvalue weighted by atomic mass is 9.93. The highest BCUT2D eigenvalue weighted by molar-refractivity contribution is 9.10. The molecule has 0 saturated carbocycles. The number of hydrogen-bond acceptors (Lipinski definition) is 5. The van der Waals surface area contributed by atoms with Crippen molar-refractivity contribution in [1.82, 2.24) is 4.98 Å². The summed E-state index contributed by atoms with van der Waals surface area (Å²) in [5, 5.41) is 5.10. The number of thiazole rings is 1. The zero-order valence-electron chi connectivity index (χ0n) is 13.2. The van der Waals surface area contributed by atoms with Crippen molar-refractivity contribution in [2.45, 2.75) is 31.1 Å². The van der Waals surface area contributed by atoms with Crippen molar-refractivity contribution in [3.05, 3.63) is 39.3 Å². The van der Waals surface area contributed by atoms with Gasteiger partial charge in [-0.05, 0) is 34.1 Å². The first-order chi connectivity index (χ1) is 10.5. The van der Waals surface area contributed by atoms with Crippen molar-refractivity contribution in [1.29, 1.82) is 0 Å². The van der Waals surface area contributed by atoms with Crippen molar-refractivity contribution in [2.24, 2.45) is 0 Å². The van der Waals surface area contributed by atoms with Crippen molar-refractivity contribution in [3.63, 3.8) is 0 Å². The molecule has 0 atom stereocenters. The van der Waals surface area contributed by atoms with E-state index in [0.29, 0.717) is 9.60 Å². The average Bonchev–Trinajstić information content (AvgIpc) is 2.86. The fraction of sp³-hybridized carbons (Fsp3) is 0.333. The van der Waals surface area contributed by atoms with Crippen LogP contribution in [0.25, 0.3) is 0 Å². The number of sulfone groups is 1. The predicted molar refractivity (Wildman–Crippen MR) is 96.0 cm³/mol. The van der Waals surface area contributed by atoms with Gasteiger partial charge in [-0.15, -0.1) is 11.3 Å². The Morgan fingerprint density at radius 3 is 2.48 bits per heavy atom. The third kappa shape index (κ3) is 4.39. The molecule has 0 radical (unpaired) electrons. The zero-order chi connectivity index (χ0) is 17.4. The number of carbonyl (C=O) groups excluding carboxylic acids is 1. The molecular formula is C15H17BrN2O3S2. The van der Waals surface area contributed by atoms with Crippen LogP contribution < -0.4 is 5.32 Å². The van der Waals surface area contributed by atoms with Crippen LogP contribution in [-0.4, -0.2) is 25.6 Å². The molecule has 23 heavy (non-hydrogen) atoms. The van der Waals surface area contributed by atoms with Crippen molar-refractivity contribution in [2.75, 3.05) is 11.6 Å². The Balaban J connectivity index is 2.27. The average molecular weight is 417 g/mol. The van der Waals surface area contributed by atoms with Gasteiger partial charge in [-0.25, -0.2) is 13.4 Å². The Morgan fingerprint density at radius 2 is 1.96 bits per heavy atom. The van der Waals surface area contributed by atoms with Crippen LogP contribution in [0.15, 0.2) is 32.9 Å². The van der Waals surface area contributed by atoms with E-state index in [1.807, 2.05) is 26.2 Å². The Kier molecular flexibility index (Phi) is 4.98. The topological polar surface area (TPSA) is 76.1 Å². The van der Waals surface area contributed by atoms with Gasteiger partial charge in [-0.1, -0.05) is 20.8 Å². The number of anilines is 1. The number of aromatic nitrogens is 1. The molecule has 0 saturated heterocycles. The van der Waals surface area contributed by atoms with Gasteiger partial charge in [0.15, 0.2) is 15.0 Å². The standard InChI is InChI=1S/C15H17BrN2O3S2/c1-15(2,3)12-8-22-14(17-12)18-13(19)9-5-6-10(16)11(7-9)23(4,20)21/h5-8H,1-4H3,(H,17,18,19). The SMILES string of the molecule is CC(C)(C)c1csc(NC(=O)c2ccc(Br)c(S(C)(=O)=O)c2)n1. The Morgan fingerprint density at radius 1 is 1.30 bits per heavy atom. The lowest BCUT2D eigenvalue weighted by Crippen LogP contribution is -2.14. The second kappa shape index (κ2) is 6.33. The molecule has 1 heterocycles. The fourth-order valence-corrected chi connectivity index (χ4v) is 4.60. The number of benzene rings is 1. The molecule has 1 aromatic heterocycles. The highest BCUT2D eigenvalue weighted by Crippen LogP contribution is 2.27. The molecule has 2 rings (SSSR count). The first kappa shape index (κ1) is 18.1. The summed E-state index contributed by atoms with van der Waals surface area (Å²) < 4.78 is 23.9. The molecule has 2 aromatic rings. The third-order valence-electron chi connectivity index (χ3n) is 3.09. The van der Waals surface area contributed by atoms with E-state index in [1.165, 1.54) is 17.4 Å². The van der Waals surface area contributed by atoms with E-state index in [0.717, 1.165) is 11.9 Å². The van der Waals surface area contributed by atoms with Crippen LogP contribution in [0.3, 0.4) is 0 Å². The molecule has 0 fully saturated rings.